The van der Waals surface area contributed by atoms with Crippen molar-refractivity contribution in [1.29, 1.82) is 0 Å². The summed E-state index contributed by atoms with van der Waals surface area (Å²) in [5.41, 5.74) is -0.172. The average molecular weight is 284 g/mol. The Morgan fingerprint density at radius 1 is 1.00 bits per heavy atom. The lowest BCUT2D eigenvalue weighted by Gasteiger charge is -2.11. The fourth-order valence-electron chi connectivity index (χ4n) is 2.29. The second kappa shape index (κ2) is 5.81. The lowest BCUT2D eigenvalue weighted by molar-refractivity contribution is -0.139. The third kappa shape index (κ3) is 3.11. The predicted molar refractivity (Wildman–Crippen MR) is 72.1 cm³/mol. The third-order valence-corrected chi connectivity index (χ3v) is 3.39. The first-order valence-corrected chi connectivity index (χ1v) is 6.72. The molecule has 0 aliphatic heterocycles. The number of halogens is 4. The molecule has 0 aliphatic carbocycles. The van der Waals surface area contributed by atoms with Crippen LogP contribution in [-0.2, 0) is 12.6 Å². The molecule has 0 heterocycles. The van der Waals surface area contributed by atoms with E-state index in [-0.39, 0.29) is 5.39 Å². The van der Waals surface area contributed by atoms with Gasteiger partial charge in [-0.1, -0.05) is 44.0 Å². The second-order valence-corrected chi connectivity index (χ2v) is 4.94. The number of fused-ring (bicyclic) bond motifs is 1. The van der Waals surface area contributed by atoms with Gasteiger partial charge in [0.2, 0.25) is 0 Å². The summed E-state index contributed by atoms with van der Waals surface area (Å²) in [6.07, 6.45) is -0.536. The van der Waals surface area contributed by atoms with Crippen LogP contribution in [0.4, 0.5) is 17.6 Å². The molecule has 0 saturated heterocycles. The maximum absolute atomic E-state index is 13.9. The van der Waals surface area contributed by atoms with Crippen molar-refractivity contribution in [1.82, 2.24) is 0 Å². The van der Waals surface area contributed by atoms with Crippen LogP contribution in [0.5, 0.6) is 0 Å². The van der Waals surface area contributed by atoms with E-state index in [1.807, 2.05) is 0 Å². The minimum absolute atomic E-state index is 0.0269. The first-order chi connectivity index (χ1) is 9.43. The van der Waals surface area contributed by atoms with E-state index in [1.54, 1.807) is 12.1 Å². The van der Waals surface area contributed by atoms with Gasteiger partial charge in [0.15, 0.2) is 0 Å². The number of alkyl halides is 3. The molecule has 0 aromatic heterocycles. The van der Waals surface area contributed by atoms with E-state index in [9.17, 15) is 17.6 Å². The summed E-state index contributed by atoms with van der Waals surface area (Å²) in [6, 6.07) is 7.08. The van der Waals surface area contributed by atoms with E-state index in [2.05, 4.69) is 6.92 Å². The molecule has 0 radical (unpaired) electrons. The van der Waals surface area contributed by atoms with Gasteiger partial charge in [0.1, 0.15) is 5.82 Å². The topological polar surface area (TPSA) is 0 Å². The van der Waals surface area contributed by atoms with E-state index in [1.165, 1.54) is 12.1 Å². The van der Waals surface area contributed by atoms with Gasteiger partial charge in [-0.25, -0.2) is 4.39 Å². The Kier molecular flexibility index (Phi) is 4.31. The molecule has 4 heteroatoms. The molecule has 0 amide bonds. The highest BCUT2D eigenvalue weighted by Gasteiger charge is 2.34. The molecule has 0 aliphatic rings. The fraction of sp³-hybridized carbons (Fsp3) is 0.375. The van der Waals surface area contributed by atoms with E-state index in [0.29, 0.717) is 5.39 Å². The molecule has 2 aromatic carbocycles. The molecule has 2 aromatic rings. The minimum Gasteiger partial charge on any atom is -0.206 e. The van der Waals surface area contributed by atoms with Gasteiger partial charge in [-0.05, 0) is 29.9 Å². The quantitative estimate of drug-likeness (QED) is 0.497. The highest BCUT2D eigenvalue weighted by Crippen LogP contribution is 2.34. The van der Waals surface area contributed by atoms with Crippen LogP contribution in [0.1, 0.15) is 37.3 Å². The molecule has 0 fully saturated rings. The zero-order valence-corrected chi connectivity index (χ0v) is 11.2. The van der Waals surface area contributed by atoms with Crippen LogP contribution < -0.4 is 0 Å². The van der Waals surface area contributed by atoms with Crippen molar-refractivity contribution in [3.05, 3.63) is 47.3 Å². The Morgan fingerprint density at radius 2 is 1.75 bits per heavy atom. The van der Waals surface area contributed by atoms with Crippen LogP contribution in [0.15, 0.2) is 30.3 Å². The Morgan fingerprint density at radius 3 is 2.40 bits per heavy atom. The normalized spacial score (nSPS) is 12.1. The summed E-state index contributed by atoms with van der Waals surface area (Å²) in [6.45, 7) is 2.11. The molecule has 0 unspecified atom stereocenters. The maximum atomic E-state index is 13.9. The van der Waals surface area contributed by atoms with Crippen molar-refractivity contribution in [2.75, 3.05) is 0 Å². The van der Waals surface area contributed by atoms with Crippen molar-refractivity contribution in [2.24, 2.45) is 0 Å². The Labute approximate surface area is 115 Å². The van der Waals surface area contributed by atoms with Gasteiger partial charge in [0.05, 0.1) is 5.56 Å². The number of rotatable bonds is 4. The van der Waals surface area contributed by atoms with Gasteiger partial charge in [-0.3, -0.25) is 0 Å². The van der Waals surface area contributed by atoms with Crippen molar-refractivity contribution < 1.29 is 17.6 Å². The van der Waals surface area contributed by atoms with Gasteiger partial charge < -0.3 is 0 Å². The lowest BCUT2D eigenvalue weighted by Crippen LogP contribution is -2.08. The standard InChI is InChI=1S/C16H16F4/c1-2-3-4-5-11-6-8-13-12(10-11)7-9-14(15(13)17)16(18,19)20/h6-10H,2-5H2,1H3. The largest absolute Gasteiger partial charge is 0.419 e. The number of aryl methyl sites for hydroxylation is 1. The third-order valence-electron chi connectivity index (χ3n) is 3.39. The van der Waals surface area contributed by atoms with Crippen LogP contribution in [0.2, 0.25) is 0 Å². The smallest absolute Gasteiger partial charge is 0.206 e. The highest BCUT2D eigenvalue weighted by molar-refractivity contribution is 5.84. The molecule has 0 N–H and O–H groups in total. The molecule has 2 rings (SSSR count). The SMILES string of the molecule is CCCCCc1ccc2c(F)c(C(F)(F)F)ccc2c1. The number of unbranched alkanes of at least 4 members (excludes halogenated alkanes) is 2. The van der Waals surface area contributed by atoms with E-state index in [0.717, 1.165) is 37.3 Å². The Bertz CT molecular complexity index is 599. The van der Waals surface area contributed by atoms with E-state index >= 15 is 0 Å². The predicted octanol–water partition coefficient (Wildman–Crippen LogP) is 5.73. The number of hydrogen-bond acceptors (Lipinski definition) is 0. The second-order valence-electron chi connectivity index (χ2n) is 4.94. The minimum atomic E-state index is -4.65. The zero-order valence-electron chi connectivity index (χ0n) is 11.2. The van der Waals surface area contributed by atoms with Gasteiger partial charge in [0, 0.05) is 5.39 Å². The Balaban J connectivity index is 2.36. The van der Waals surface area contributed by atoms with Gasteiger partial charge in [-0.15, -0.1) is 0 Å². The Hall–Kier alpha value is -1.58. The summed E-state index contributed by atoms with van der Waals surface area (Å²) in [5, 5.41) is 0.545. The van der Waals surface area contributed by atoms with Gasteiger partial charge in [0.25, 0.3) is 0 Å². The van der Waals surface area contributed by atoms with E-state index in [4.69, 9.17) is 0 Å². The fourth-order valence-corrected chi connectivity index (χ4v) is 2.29. The molecule has 0 bridgehead atoms. The monoisotopic (exact) mass is 284 g/mol. The summed E-state index contributed by atoms with van der Waals surface area (Å²) in [7, 11) is 0. The zero-order chi connectivity index (χ0) is 14.8. The van der Waals surface area contributed by atoms with Crippen molar-refractivity contribution in [2.45, 2.75) is 38.8 Å². The van der Waals surface area contributed by atoms with Crippen LogP contribution >= 0.6 is 0 Å². The number of benzene rings is 2. The molecule has 0 saturated carbocycles. The molecule has 0 atom stereocenters. The highest BCUT2D eigenvalue weighted by atomic mass is 19.4. The van der Waals surface area contributed by atoms with Crippen molar-refractivity contribution >= 4 is 10.8 Å². The summed E-state index contributed by atoms with van der Waals surface area (Å²) in [5.74, 6) is -1.19. The number of hydrogen-bond donors (Lipinski definition) is 0. The maximum Gasteiger partial charge on any atom is 0.419 e. The lowest BCUT2D eigenvalue weighted by atomic mass is 10.0. The first-order valence-electron chi connectivity index (χ1n) is 6.72. The average Bonchev–Trinajstić information content (AvgIpc) is 2.38. The summed E-state index contributed by atoms with van der Waals surface area (Å²) >= 11 is 0. The molecule has 0 nitrogen and oxygen atoms in total. The van der Waals surface area contributed by atoms with Crippen LogP contribution in [0, 0.1) is 5.82 Å². The molecular formula is C16H16F4. The van der Waals surface area contributed by atoms with Crippen LogP contribution in [0.3, 0.4) is 0 Å². The first kappa shape index (κ1) is 14.8. The molecule has 108 valence electrons. The van der Waals surface area contributed by atoms with Crippen molar-refractivity contribution in [3.8, 4) is 0 Å². The molecular weight excluding hydrogens is 268 g/mol. The molecule has 20 heavy (non-hydrogen) atoms. The molecule has 0 spiro atoms. The van der Waals surface area contributed by atoms with E-state index < -0.39 is 17.6 Å². The van der Waals surface area contributed by atoms with Crippen LogP contribution in [-0.4, -0.2) is 0 Å². The van der Waals surface area contributed by atoms with Crippen LogP contribution in [0.25, 0.3) is 10.8 Å². The summed E-state index contributed by atoms with van der Waals surface area (Å²) < 4.78 is 51.7. The van der Waals surface area contributed by atoms with Gasteiger partial charge >= 0.3 is 6.18 Å². The summed E-state index contributed by atoms with van der Waals surface area (Å²) in [4.78, 5) is 0. The van der Waals surface area contributed by atoms with Crippen molar-refractivity contribution in [3.63, 3.8) is 0 Å². The van der Waals surface area contributed by atoms with Gasteiger partial charge in [-0.2, -0.15) is 13.2 Å².